The van der Waals surface area contributed by atoms with Gasteiger partial charge in [0.05, 0.1) is 12.0 Å². The molecular weight excluding hydrogens is 170 g/mol. The van der Waals surface area contributed by atoms with Gasteiger partial charge in [-0.1, -0.05) is 6.92 Å². The van der Waals surface area contributed by atoms with Gasteiger partial charge in [-0.3, -0.25) is 0 Å². The van der Waals surface area contributed by atoms with E-state index in [1.807, 2.05) is 6.07 Å². The minimum atomic E-state index is 0.393. The minimum absolute atomic E-state index is 0.393. The highest BCUT2D eigenvalue weighted by molar-refractivity contribution is 7.10. The summed E-state index contributed by atoms with van der Waals surface area (Å²) in [5, 5.41) is 5.41. The fraction of sp³-hybridized carbons (Fsp3) is 0.556. The van der Waals surface area contributed by atoms with Gasteiger partial charge in [0.2, 0.25) is 0 Å². The lowest BCUT2D eigenvalue weighted by Gasteiger charge is -2.11. The summed E-state index contributed by atoms with van der Waals surface area (Å²) >= 11 is 1.73. The van der Waals surface area contributed by atoms with Crippen LogP contribution in [0.3, 0.4) is 0 Å². The van der Waals surface area contributed by atoms with Gasteiger partial charge in [-0.25, -0.2) is 0 Å². The zero-order chi connectivity index (χ0) is 8.97. The molecule has 1 atom stereocenters. The normalized spacial score (nSPS) is 12.9. The number of nitrogens with one attached hydrogen (secondary N) is 1. The first kappa shape index (κ1) is 9.55. The van der Waals surface area contributed by atoms with E-state index in [0.717, 1.165) is 12.3 Å². The molecule has 3 heteroatoms. The zero-order valence-corrected chi connectivity index (χ0v) is 8.57. The Kier molecular flexibility index (Phi) is 3.56. The van der Waals surface area contributed by atoms with Crippen LogP contribution in [0.4, 0.5) is 0 Å². The average Bonchev–Trinajstić information content (AvgIpc) is 2.51. The Hall–Kier alpha value is -0.540. The molecule has 0 aromatic carbocycles. The molecule has 0 aliphatic carbocycles. The van der Waals surface area contributed by atoms with Crippen LogP contribution in [0, 0.1) is 0 Å². The van der Waals surface area contributed by atoms with Crippen LogP contribution in [0.1, 0.15) is 24.8 Å². The third-order valence-electron chi connectivity index (χ3n) is 1.78. The van der Waals surface area contributed by atoms with E-state index in [0.29, 0.717) is 6.04 Å². The summed E-state index contributed by atoms with van der Waals surface area (Å²) in [6, 6.07) is 2.40. The molecular formula is C9H15NOS. The predicted octanol–water partition coefficient (Wildman–Crippen LogP) is 2.43. The van der Waals surface area contributed by atoms with Crippen molar-refractivity contribution in [1.82, 2.24) is 5.32 Å². The lowest BCUT2D eigenvalue weighted by Crippen LogP contribution is -2.17. The molecule has 0 aliphatic rings. The first-order valence-electron chi connectivity index (χ1n) is 4.14. The van der Waals surface area contributed by atoms with Gasteiger partial charge in [-0.05, 0) is 24.9 Å². The van der Waals surface area contributed by atoms with Crippen LogP contribution in [-0.4, -0.2) is 13.7 Å². The SMILES string of the molecule is CCNC(C)c1sccc1OC. The Morgan fingerprint density at radius 2 is 2.42 bits per heavy atom. The molecule has 0 saturated heterocycles. The second-order valence-electron chi connectivity index (χ2n) is 2.63. The number of methoxy groups -OCH3 is 1. The molecule has 1 aromatic rings. The summed E-state index contributed by atoms with van der Waals surface area (Å²) in [7, 11) is 1.71. The topological polar surface area (TPSA) is 21.3 Å². The van der Waals surface area contributed by atoms with Crippen LogP contribution in [0.25, 0.3) is 0 Å². The van der Waals surface area contributed by atoms with Gasteiger partial charge in [0.15, 0.2) is 0 Å². The van der Waals surface area contributed by atoms with E-state index in [9.17, 15) is 0 Å². The third-order valence-corrected chi connectivity index (χ3v) is 2.86. The molecule has 2 nitrogen and oxygen atoms in total. The molecule has 1 rings (SSSR count). The van der Waals surface area contributed by atoms with Crippen LogP contribution >= 0.6 is 11.3 Å². The molecule has 1 N–H and O–H groups in total. The van der Waals surface area contributed by atoms with Gasteiger partial charge in [0.1, 0.15) is 5.75 Å². The second kappa shape index (κ2) is 4.48. The molecule has 0 fully saturated rings. The van der Waals surface area contributed by atoms with Crippen LogP contribution in [0.15, 0.2) is 11.4 Å². The van der Waals surface area contributed by atoms with Crippen molar-refractivity contribution in [3.63, 3.8) is 0 Å². The quantitative estimate of drug-likeness (QED) is 0.778. The third kappa shape index (κ3) is 1.99. The molecule has 0 amide bonds. The van der Waals surface area contributed by atoms with Crippen molar-refractivity contribution < 1.29 is 4.74 Å². The molecule has 0 spiro atoms. The van der Waals surface area contributed by atoms with E-state index in [1.165, 1.54) is 4.88 Å². The smallest absolute Gasteiger partial charge is 0.134 e. The lowest BCUT2D eigenvalue weighted by atomic mass is 10.2. The maximum atomic E-state index is 5.22. The van der Waals surface area contributed by atoms with E-state index in [-0.39, 0.29) is 0 Å². The van der Waals surface area contributed by atoms with Crippen LogP contribution in [0.5, 0.6) is 5.75 Å². The monoisotopic (exact) mass is 185 g/mol. The van der Waals surface area contributed by atoms with Crippen molar-refractivity contribution in [2.45, 2.75) is 19.9 Å². The Balaban J connectivity index is 2.71. The van der Waals surface area contributed by atoms with E-state index >= 15 is 0 Å². The van der Waals surface area contributed by atoms with Crippen LogP contribution < -0.4 is 10.1 Å². The summed E-state index contributed by atoms with van der Waals surface area (Å²) in [5.74, 6) is 0.994. The van der Waals surface area contributed by atoms with Crippen molar-refractivity contribution in [3.05, 3.63) is 16.3 Å². The second-order valence-corrected chi connectivity index (χ2v) is 3.58. The first-order chi connectivity index (χ1) is 5.79. The maximum absolute atomic E-state index is 5.22. The molecule has 1 aromatic heterocycles. The average molecular weight is 185 g/mol. The van der Waals surface area contributed by atoms with Crippen LogP contribution in [-0.2, 0) is 0 Å². The van der Waals surface area contributed by atoms with Gasteiger partial charge in [0, 0.05) is 6.04 Å². The first-order valence-corrected chi connectivity index (χ1v) is 5.02. The summed E-state index contributed by atoms with van der Waals surface area (Å²) in [4.78, 5) is 1.28. The van der Waals surface area contributed by atoms with E-state index in [4.69, 9.17) is 4.74 Å². The summed E-state index contributed by atoms with van der Waals surface area (Å²) in [6.45, 7) is 5.25. The Bertz CT molecular complexity index is 234. The number of rotatable bonds is 4. The van der Waals surface area contributed by atoms with E-state index in [2.05, 4.69) is 24.5 Å². The van der Waals surface area contributed by atoms with E-state index in [1.54, 1.807) is 18.4 Å². The maximum Gasteiger partial charge on any atom is 0.134 e. The summed E-state index contributed by atoms with van der Waals surface area (Å²) in [6.07, 6.45) is 0. The molecule has 1 heterocycles. The molecule has 0 saturated carbocycles. The molecule has 12 heavy (non-hydrogen) atoms. The predicted molar refractivity (Wildman–Crippen MR) is 53.0 cm³/mol. The molecule has 0 radical (unpaired) electrons. The fourth-order valence-electron chi connectivity index (χ4n) is 1.19. The van der Waals surface area contributed by atoms with Crippen molar-refractivity contribution in [1.29, 1.82) is 0 Å². The number of hydrogen-bond acceptors (Lipinski definition) is 3. The van der Waals surface area contributed by atoms with Crippen molar-refractivity contribution >= 4 is 11.3 Å². The number of ether oxygens (including phenoxy) is 1. The van der Waals surface area contributed by atoms with Crippen molar-refractivity contribution in [2.75, 3.05) is 13.7 Å². The lowest BCUT2D eigenvalue weighted by molar-refractivity contribution is 0.406. The van der Waals surface area contributed by atoms with E-state index < -0.39 is 0 Å². The molecule has 68 valence electrons. The molecule has 0 aliphatic heterocycles. The Morgan fingerprint density at radius 3 is 3.00 bits per heavy atom. The van der Waals surface area contributed by atoms with Crippen molar-refractivity contribution in [3.8, 4) is 5.75 Å². The highest BCUT2D eigenvalue weighted by atomic mass is 32.1. The zero-order valence-electron chi connectivity index (χ0n) is 7.76. The highest BCUT2D eigenvalue weighted by Crippen LogP contribution is 2.30. The van der Waals surface area contributed by atoms with Gasteiger partial charge in [-0.15, -0.1) is 11.3 Å². The summed E-state index contributed by atoms with van der Waals surface area (Å²) in [5.41, 5.74) is 0. The Morgan fingerprint density at radius 1 is 1.67 bits per heavy atom. The molecule has 1 unspecified atom stereocenters. The van der Waals surface area contributed by atoms with Crippen LogP contribution in [0.2, 0.25) is 0 Å². The van der Waals surface area contributed by atoms with Gasteiger partial charge in [-0.2, -0.15) is 0 Å². The summed E-state index contributed by atoms with van der Waals surface area (Å²) < 4.78 is 5.22. The largest absolute Gasteiger partial charge is 0.496 e. The standard InChI is InChI=1S/C9H15NOS/c1-4-10-7(2)9-8(11-3)5-6-12-9/h5-7,10H,4H2,1-3H3. The van der Waals surface area contributed by atoms with Gasteiger partial charge >= 0.3 is 0 Å². The van der Waals surface area contributed by atoms with Crippen molar-refractivity contribution in [2.24, 2.45) is 0 Å². The Labute approximate surface area is 77.6 Å². The van der Waals surface area contributed by atoms with Gasteiger partial charge < -0.3 is 10.1 Å². The number of hydrogen-bond donors (Lipinski definition) is 1. The minimum Gasteiger partial charge on any atom is -0.496 e. The fourth-order valence-corrected chi connectivity index (χ4v) is 2.09. The molecule has 0 bridgehead atoms. The highest BCUT2D eigenvalue weighted by Gasteiger charge is 2.10. The number of thiophene rings is 1. The van der Waals surface area contributed by atoms with Gasteiger partial charge in [0.25, 0.3) is 0 Å².